The molecule has 7 nitrogen and oxygen atoms in total. The predicted molar refractivity (Wildman–Crippen MR) is 122 cm³/mol. The van der Waals surface area contributed by atoms with Gasteiger partial charge in [0.25, 0.3) is 0 Å². The highest BCUT2D eigenvalue weighted by Gasteiger charge is 2.14. The minimum atomic E-state index is -0.293. The van der Waals surface area contributed by atoms with Gasteiger partial charge in [0, 0.05) is 12.5 Å². The normalized spacial score (nSPS) is 11.5. The predicted octanol–water partition coefficient (Wildman–Crippen LogP) is 5.52. The van der Waals surface area contributed by atoms with Gasteiger partial charge in [-0.25, -0.2) is 9.97 Å². The third-order valence-electron chi connectivity index (χ3n) is 4.65. The summed E-state index contributed by atoms with van der Waals surface area (Å²) in [5.74, 6) is -0.132. The average molecular weight is 428 g/mol. The van der Waals surface area contributed by atoms with E-state index >= 15 is 0 Å². The molecule has 0 radical (unpaired) electrons. The van der Waals surface area contributed by atoms with Crippen molar-refractivity contribution in [2.75, 3.05) is 5.32 Å². The van der Waals surface area contributed by atoms with Gasteiger partial charge < -0.3 is 14.8 Å². The standard InChI is InChI=1S/C23H16N4O3S/c1-13(28)25-23-27-18-10-9-15(11-20(18)31-23)24-12-19-22(29)30-21(26-19)17-8-4-6-14-5-2-3-7-16(14)17/h2-12,29H,1H3,(H,25,27,28). The van der Waals surface area contributed by atoms with E-state index in [0.29, 0.717) is 16.7 Å². The molecule has 2 aromatic heterocycles. The van der Waals surface area contributed by atoms with Crippen molar-refractivity contribution in [1.29, 1.82) is 0 Å². The largest absolute Gasteiger partial charge is 0.479 e. The Hall–Kier alpha value is -4.04. The Morgan fingerprint density at radius 3 is 2.84 bits per heavy atom. The molecule has 0 spiro atoms. The highest BCUT2D eigenvalue weighted by Crippen LogP contribution is 2.32. The lowest BCUT2D eigenvalue weighted by atomic mass is 10.0. The molecule has 0 saturated heterocycles. The van der Waals surface area contributed by atoms with Crippen molar-refractivity contribution in [3.8, 4) is 17.4 Å². The number of fused-ring (bicyclic) bond motifs is 2. The van der Waals surface area contributed by atoms with E-state index in [1.165, 1.54) is 24.5 Å². The molecule has 3 aromatic carbocycles. The molecule has 0 unspecified atom stereocenters. The molecular formula is C23H16N4O3S. The molecule has 0 aliphatic rings. The Kier molecular flexibility index (Phi) is 4.68. The number of thiazole rings is 1. The second-order valence-corrected chi connectivity index (χ2v) is 7.88. The monoisotopic (exact) mass is 428 g/mol. The maximum Gasteiger partial charge on any atom is 0.312 e. The molecule has 5 aromatic rings. The lowest BCUT2D eigenvalue weighted by Gasteiger charge is -2.01. The fourth-order valence-electron chi connectivity index (χ4n) is 3.27. The minimum absolute atomic E-state index is 0.166. The summed E-state index contributed by atoms with van der Waals surface area (Å²) in [6, 6.07) is 19.2. The summed E-state index contributed by atoms with van der Waals surface area (Å²) in [5.41, 5.74) is 2.48. The summed E-state index contributed by atoms with van der Waals surface area (Å²) < 4.78 is 6.40. The molecule has 0 aliphatic carbocycles. The molecule has 0 saturated carbocycles. The van der Waals surface area contributed by atoms with E-state index in [1.807, 2.05) is 54.6 Å². The molecule has 5 rings (SSSR count). The summed E-state index contributed by atoms with van der Waals surface area (Å²) >= 11 is 1.37. The van der Waals surface area contributed by atoms with Gasteiger partial charge in [-0.1, -0.05) is 47.7 Å². The fourth-order valence-corrected chi connectivity index (χ4v) is 4.21. The van der Waals surface area contributed by atoms with Crippen LogP contribution in [0.1, 0.15) is 12.6 Å². The van der Waals surface area contributed by atoms with Crippen molar-refractivity contribution in [1.82, 2.24) is 9.97 Å². The Morgan fingerprint density at radius 2 is 1.97 bits per heavy atom. The number of oxazole rings is 1. The summed E-state index contributed by atoms with van der Waals surface area (Å²) in [7, 11) is 0. The molecule has 152 valence electrons. The average Bonchev–Trinajstić information content (AvgIpc) is 3.33. The van der Waals surface area contributed by atoms with Gasteiger partial charge in [-0.2, -0.15) is 0 Å². The molecular weight excluding hydrogens is 412 g/mol. The number of nitrogens with zero attached hydrogens (tertiary/aromatic N) is 3. The molecule has 2 N–H and O–H groups in total. The van der Waals surface area contributed by atoms with Gasteiger partial charge in [-0.05, 0) is 35.0 Å². The number of carbonyl (C=O) groups excluding carboxylic acids is 1. The molecule has 8 heteroatoms. The summed E-state index contributed by atoms with van der Waals surface area (Å²) in [4.78, 5) is 24.4. The zero-order valence-electron chi connectivity index (χ0n) is 16.4. The number of carbonyl (C=O) groups is 1. The molecule has 0 atom stereocenters. The van der Waals surface area contributed by atoms with Gasteiger partial charge in [-0.15, -0.1) is 0 Å². The van der Waals surface area contributed by atoms with Crippen LogP contribution in [-0.2, 0) is 4.79 Å². The van der Waals surface area contributed by atoms with Crippen LogP contribution in [0.15, 0.2) is 70.1 Å². The summed E-state index contributed by atoms with van der Waals surface area (Å²) in [6.45, 7) is 1.44. The van der Waals surface area contributed by atoms with Crippen LogP contribution in [0.5, 0.6) is 5.95 Å². The van der Waals surface area contributed by atoms with Gasteiger partial charge in [0.2, 0.25) is 11.8 Å². The quantitative estimate of drug-likeness (QED) is 0.367. The van der Waals surface area contributed by atoms with Gasteiger partial charge in [0.1, 0.15) is 0 Å². The van der Waals surface area contributed by atoms with Gasteiger partial charge >= 0.3 is 5.95 Å². The Balaban J connectivity index is 1.45. The number of aromatic hydroxyl groups is 1. The maximum atomic E-state index is 11.2. The van der Waals surface area contributed by atoms with Crippen LogP contribution in [0, 0.1) is 0 Å². The van der Waals surface area contributed by atoms with E-state index < -0.39 is 0 Å². The zero-order valence-corrected chi connectivity index (χ0v) is 17.2. The van der Waals surface area contributed by atoms with Crippen molar-refractivity contribution in [3.63, 3.8) is 0 Å². The summed E-state index contributed by atoms with van der Waals surface area (Å²) in [6.07, 6.45) is 1.46. The molecule has 0 fully saturated rings. The number of benzene rings is 3. The summed E-state index contributed by atoms with van der Waals surface area (Å²) in [5, 5.41) is 15.5. The van der Waals surface area contributed by atoms with Crippen molar-refractivity contribution < 1.29 is 14.3 Å². The van der Waals surface area contributed by atoms with E-state index in [0.717, 1.165) is 26.6 Å². The molecule has 31 heavy (non-hydrogen) atoms. The Morgan fingerprint density at radius 1 is 1.13 bits per heavy atom. The van der Waals surface area contributed by atoms with E-state index in [2.05, 4.69) is 20.3 Å². The highest BCUT2D eigenvalue weighted by molar-refractivity contribution is 7.22. The maximum absolute atomic E-state index is 11.2. The van der Waals surface area contributed by atoms with Crippen LogP contribution in [0.2, 0.25) is 0 Å². The minimum Gasteiger partial charge on any atom is -0.479 e. The fraction of sp³-hybridized carbons (Fsp3) is 0.0435. The van der Waals surface area contributed by atoms with Crippen LogP contribution in [-0.4, -0.2) is 27.2 Å². The van der Waals surface area contributed by atoms with Crippen LogP contribution < -0.4 is 5.32 Å². The molecule has 1 amide bonds. The highest BCUT2D eigenvalue weighted by atomic mass is 32.1. The van der Waals surface area contributed by atoms with Crippen LogP contribution in [0.3, 0.4) is 0 Å². The topological polar surface area (TPSA) is 101 Å². The Labute approximate surface area is 180 Å². The van der Waals surface area contributed by atoms with E-state index in [9.17, 15) is 9.90 Å². The lowest BCUT2D eigenvalue weighted by Crippen LogP contribution is -2.04. The first-order chi connectivity index (χ1) is 15.1. The van der Waals surface area contributed by atoms with Crippen molar-refractivity contribution >= 4 is 55.3 Å². The van der Waals surface area contributed by atoms with E-state index in [1.54, 1.807) is 6.07 Å². The van der Waals surface area contributed by atoms with E-state index in [4.69, 9.17) is 4.42 Å². The molecule has 0 aliphatic heterocycles. The first kappa shape index (κ1) is 19.0. The van der Waals surface area contributed by atoms with Crippen molar-refractivity contribution in [3.05, 3.63) is 66.4 Å². The van der Waals surface area contributed by atoms with Gasteiger partial charge in [-0.3, -0.25) is 9.79 Å². The third kappa shape index (κ3) is 3.76. The van der Waals surface area contributed by atoms with Gasteiger partial charge in [0.15, 0.2) is 10.8 Å². The zero-order chi connectivity index (χ0) is 21.4. The SMILES string of the molecule is CC(=O)Nc1nc2ccc(N=Cc3nc(-c4cccc5ccccc45)oc3O)cc2s1. The molecule has 0 bridgehead atoms. The van der Waals surface area contributed by atoms with Crippen molar-refractivity contribution in [2.24, 2.45) is 4.99 Å². The van der Waals surface area contributed by atoms with Crippen molar-refractivity contribution in [2.45, 2.75) is 6.92 Å². The second kappa shape index (κ2) is 7.66. The number of nitrogens with one attached hydrogen (secondary N) is 1. The third-order valence-corrected chi connectivity index (χ3v) is 5.58. The number of aliphatic imine (C=N–C) groups is 1. The number of amides is 1. The molecule has 2 heterocycles. The van der Waals surface area contributed by atoms with E-state index in [-0.39, 0.29) is 17.5 Å². The van der Waals surface area contributed by atoms with Crippen LogP contribution >= 0.6 is 11.3 Å². The first-order valence-electron chi connectivity index (χ1n) is 9.47. The first-order valence-corrected chi connectivity index (χ1v) is 10.3. The Bertz CT molecular complexity index is 1460. The van der Waals surface area contributed by atoms with Gasteiger partial charge in [0.05, 0.1) is 22.1 Å². The second-order valence-electron chi connectivity index (χ2n) is 6.85. The number of aromatic nitrogens is 2. The number of hydrogen-bond acceptors (Lipinski definition) is 7. The number of hydrogen-bond donors (Lipinski definition) is 2. The smallest absolute Gasteiger partial charge is 0.312 e. The van der Waals surface area contributed by atoms with Crippen LogP contribution in [0.25, 0.3) is 32.4 Å². The lowest BCUT2D eigenvalue weighted by molar-refractivity contribution is -0.114. The number of rotatable bonds is 4. The van der Waals surface area contributed by atoms with Crippen LogP contribution in [0.4, 0.5) is 10.8 Å². The number of anilines is 1.